The molecule has 0 spiro atoms. The molecule has 0 aromatic heterocycles. The van der Waals surface area contributed by atoms with Crippen LogP contribution in [0.3, 0.4) is 0 Å². The summed E-state index contributed by atoms with van der Waals surface area (Å²) in [5, 5.41) is 9.21. The van der Waals surface area contributed by atoms with E-state index >= 15 is 0 Å². The van der Waals surface area contributed by atoms with Gasteiger partial charge in [0.25, 0.3) is 0 Å². The smallest absolute Gasteiger partial charge is 0.115 e. The van der Waals surface area contributed by atoms with Crippen molar-refractivity contribution in [3.8, 4) is 5.75 Å². The number of anilines is 3. The zero-order valence-corrected chi connectivity index (χ0v) is 9.09. The van der Waals surface area contributed by atoms with Gasteiger partial charge in [0.15, 0.2) is 0 Å². The molecule has 0 unspecified atom stereocenters. The van der Waals surface area contributed by atoms with Crippen molar-refractivity contribution in [1.29, 1.82) is 0 Å². The second-order valence-electron chi connectivity index (χ2n) is 3.67. The first kappa shape index (κ1) is 10.4. The lowest BCUT2D eigenvalue weighted by atomic mass is 10.2. The van der Waals surface area contributed by atoms with Gasteiger partial charge in [0, 0.05) is 24.1 Å². The van der Waals surface area contributed by atoms with E-state index in [9.17, 15) is 5.11 Å². The second kappa shape index (κ2) is 4.14. The molecule has 0 atom stereocenters. The minimum Gasteiger partial charge on any atom is -0.508 e. The minimum absolute atomic E-state index is 0.273. The van der Waals surface area contributed by atoms with Crippen LogP contribution in [0.4, 0.5) is 17.1 Å². The molecule has 0 aliphatic rings. The van der Waals surface area contributed by atoms with Crippen molar-refractivity contribution in [2.75, 3.05) is 17.7 Å². The summed E-state index contributed by atoms with van der Waals surface area (Å²) in [6, 6.07) is 14.7. The predicted molar refractivity (Wildman–Crippen MR) is 67.0 cm³/mol. The van der Waals surface area contributed by atoms with E-state index in [0.717, 1.165) is 17.1 Å². The molecule has 16 heavy (non-hydrogen) atoms. The molecule has 0 saturated heterocycles. The Morgan fingerprint density at radius 1 is 0.875 bits per heavy atom. The fourth-order valence-electron chi connectivity index (χ4n) is 1.52. The molecule has 82 valence electrons. The van der Waals surface area contributed by atoms with Crippen LogP contribution in [0.15, 0.2) is 48.5 Å². The molecule has 0 bridgehead atoms. The number of phenolic OH excluding ortho intramolecular Hbond substituents is 1. The SMILES string of the molecule is CN(c1ccc(N)cc1)c1ccc(O)cc1. The average Bonchev–Trinajstić information content (AvgIpc) is 2.30. The lowest BCUT2D eigenvalue weighted by molar-refractivity contribution is 0.475. The molecule has 0 radical (unpaired) electrons. The number of benzene rings is 2. The number of nitrogens with two attached hydrogens (primary N) is 1. The van der Waals surface area contributed by atoms with Crippen molar-refractivity contribution < 1.29 is 5.11 Å². The van der Waals surface area contributed by atoms with Gasteiger partial charge in [-0.05, 0) is 48.5 Å². The van der Waals surface area contributed by atoms with E-state index in [1.807, 2.05) is 48.3 Å². The van der Waals surface area contributed by atoms with Crippen LogP contribution < -0.4 is 10.6 Å². The van der Waals surface area contributed by atoms with Crippen molar-refractivity contribution in [2.45, 2.75) is 0 Å². The molecule has 2 rings (SSSR count). The molecule has 0 heterocycles. The van der Waals surface area contributed by atoms with Gasteiger partial charge >= 0.3 is 0 Å². The number of hydrogen-bond donors (Lipinski definition) is 2. The van der Waals surface area contributed by atoms with E-state index < -0.39 is 0 Å². The van der Waals surface area contributed by atoms with Crippen LogP contribution in [0, 0.1) is 0 Å². The van der Waals surface area contributed by atoms with Crippen LogP contribution in [-0.4, -0.2) is 12.2 Å². The molecular weight excluding hydrogens is 200 g/mol. The summed E-state index contributed by atoms with van der Waals surface area (Å²) < 4.78 is 0. The Balaban J connectivity index is 2.28. The Kier molecular flexibility index (Phi) is 2.68. The van der Waals surface area contributed by atoms with Crippen LogP contribution in [0.5, 0.6) is 5.75 Å². The molecular formula is C13H14N2O. The Bertz CT molecular complexity index is 417. The van der Waals surface area contributed by atoms with E-state index in [4.69, 9.17) is 5.73 Å². The first-order valence-corrected chi connectivity index (χ1v) is 5.05. The normalized spacial score (nSPS) is 10.1. The quantitative estimate of drug-likeness (QED) is 0.756. The topological polar surface area (TPSA) is 49.5 Å². The summed E-state index contributed by atoms with van der Waals surface area (Å²) in [6.45, 7) is 0. The number of aromatic hydroxyl groups is 1. The van der Waals surface area contributed by atoms with E-state index in [-0.39, 0.29) is 5.75 Å². The summed E-state index contributed by atoms with van der Waals surface area (Å²) in [4.78, 5) is 2.03. The van der Waals surface area contributed by atoms with E-state index in [2.05, 4.69) is 0 Å². The zero-order valence-electron chi connectivity index (χ0n) is 9.09. The molecule has 2 aromatic carbocycles. The van der Waals surface area contributed by atoms with Crippen LogP contribution in [0.2, 0.25) is 0 Å². The summed E-state index contributed by atoms with van der Waals surface area (Å²) in [5.41, 5.74) is 8.46. The van der Waals surface area contributed by atoms with Crippen molar-refractivity contribution in [2.24, 2.45) is 0 Å². The number of nitrogens with zero attached hydrogens (tertiary/aromatic N) is 1. The summed E-state index contributed by atoms with van der Waals surface area (Å²) >= 11 is 0. The second-order valence-corrected chi connectivity index (χ2v) is 3.67. The minimum atomic E-state index is 0.273. The van der Waals surface area contributed by atoms with E-state index in [0.29, 0.717) is 0 Å². The van der Waals surface area contributed by atoms with Crippen molar-refractivity contribution in [3.63, 3.8) is 0 Å². The van der Waals surface area contributed by atoms with Gasteiger partial charge in [-0.3, -0.25) is 0 Å². The van der Waals surface area contributed by atoms with E-state index in [1.165, 1.54) is 0 Å². The van der Waals surface area contributed by atoms with Gasteiger partial charge in [-0.2, -0.15) is 0 Å². The highest BCUT2D eigenvalue weighted by Gasteiger charge is 2.02. The lowest BCUT2D eigenvalue weighted by Gasteiger charge is -2.19. The molecule has 0 fully saturated rings. The molecule has 0 amide bonds. The van der Waals surface area contributed by atoms with Crippen LogP contribution in [0.1, 0.15) is 0 Å². The molecule has 2 aromatic rings. The van der Waals surface area contributed by atoms with Crippen LogP contribution >= 0.6 is 0 Å². The molecule has 3 nitrogen and oxygen atoms in total. The Labute approximate surface area is 94.7 Å². The van der Waals surface area contributed by atoms with Crippen molar-refractivity contribution >= 4 is 17.1 Å². The highest BCUT2D eigenvalue weighted by atomic mass is 16.3. The molecule has 0 aliphatic carbocycles. The Morgan fingerprint density at radius 3 is 1.81 bits per heavy atom. The van der Waals surface area contributed by atoms with E-state index in [1.54, 1.807) is 12.1 Å². The summed E-state index contributed by atoms with van der Waals surface area (Å²) in [6.07, 6.45) is 0. The van der Waals surface area contributed by atoms with Crippen LogP contribution in [0.25, 0.3) is 0 Å². The van der Waals surface area contributed by atoms with Gasteiger partial charge in [-0.25, -0.2) is 0 Å². The zero-order chi connectivity index (χ0) is 11.5. The van der Waals surface area contributed by atoms with Gasteiger partial charge in [0.05, 0.1) is 0 Å². The van der Waals surface area contributed by atoms with Gasteiger partial charge < -0.3 is 15.7 Å². The van der Waals surface area contributed by atoms with Gasteiger partial charge in [0.1, 0.15) is 5.75 Å². The first-order chi connectivity index (χ1) is 7.66. The highest BCUT2D eigenvalue weighted by Crippen LogP contribution is 2.25. The van der Waals surface area contributed by atoms with Gasteiger partial charge in [-0.1, -0.05) is 0 Å². The van der Waals surface area contributed by atoms with Crippen molar-refractivity contribution in [3.05, 3.63) is 48.5 Å². The third kappa shape index (κ3) is 2.08. The average molecular weight is 214 g/mol. The Morgan fingerprint density at radius 2 is 1.31 bits per heavy atom. The van der Waals surface area contributed by atoms with Crippen LogP contribution in [-0.2, 0) is 0 Å². The third-order valence-corrected chi connectivity index (χ3v) is 2.52. The monoisotopic (exact) mass is 214 g/mol. The number of nitrogen functional groups attached to an aromatic ring is 1. The molecule has 3 heteroatoms. The van der Waals surface area contributed by atoms with Gasteiger partial charge in [-0.15, -0.1) is 0 Å². The standard InChI is InChI=1S/C13H14N2O/c1-15(11-4-2-10(14)3-5-11)12-6-8-13(16)9-7-12/h2-9,16H,14H2,1H3. The maximum atomic E-state index is 9.21. The largest absolute Gasteiger partial charge is 0.508 e. The fraction of sp³-hybridized carbons (Fsp3) is 0.0769. The highest BCUT2D eigenvalue weighted by molar-refractivity contribution is 5.64. The number of phenols is 1. The lowest BCUT2D eigenvalue weighted by Crippen LogP contribution is -2.08. The first-order valence-electron chi connectivity index (χ1n) is 5.05. The maximum absolute atomic E-state index is 9.21. The number of hydrogen-bond acceptors (Lipinski definition) is 3. The third-order valence-electron chi connectivity index (χ3n) is 2.52. The molecule has 0 saturated carbocycles. The summed E-state index contributed by atoms with van der Waals surface area (Å²) in [5.74, 6) is 0.273. The molecule has 3 N–H and O–H groups in total. The van der Waals surface area contributed by atoms with Gasteiger partial charge in [0.2, 0.25) is 0 Å². The maximum Gasteiger partial charge on any atom is 0.115 e. The summed E-state index contributed by atoms with van der Waals surface area (Å²) in [7, 11) is 1.97. The molecule has 0 aliphatic heterocycles. The predicted octanol–water partition coefficient (Wildman–Crippen LogP) is 2.74. The van der Waals surface area contributed by atoms with Crippen molar-refractivity contribution in [1.82, 2.24) is 0 Å². The fourth-order valence-corrected chi connectivity index (χ4v) is 1.52. The Hall–Kier alpha value is -2.16. The number of rotatable bonds is 2.